The third-order valence-corrected chi connectivity index (χ3v) is 5.06. The van der Waals surface area contributed by atoms with E-state index >= 15 is 0 Å². The number of hydrogen-bond donors (Lipinski definition) is 2. The molecule has 0 bridgehead atoms. The van der Waals surface area contributed by atoms with E-state index in [0.717, 1.165) is 31.9 Å². The number of Topliss-reactive ketones (excluding diaryl/α,β-unsaturated/α-hetero) is 1. The predicted octanol–water partition coefficient (Wildman–Crippen LogP) is 2.13. The fourth-order valence-electron chi connectivity index (χ4n) is 3.55. The molecule has 2 N–H and O–H groups in total. The molecule has 0 saturated carbocycles. The number of H-pyrrole nitrogens is 1. The Morgan fingerprint density at radius 1 is 1.11 bits per heavy atom. The lowest BCUT2D eigenvalue weighted by atomic mass is 10.1. The number of ketones is 1. The molecule has 0 radical (unpaired) electrons. The fraction of sp³-hybridized carbons (Fsp3) is 0.400. The number of rotatable bonds is 5. The summed E-state index contributed by atoms with van der Waals surface area (Å²) in [4.78, 5) is 32.0. The maximum absolute atomic E-state index is 12.7. The van der Waals surface area contributed by atoms with Crippen molar-refractivity contribution in [3.05, 3.63) is 46.8 Å². The number of nitrogens with one attached hydrogen (secondary N) is 1. The quantitative estimate of drug-likeness (QED) is 0.619. The highest BCUT2D eigenvalue weighted by molar-refractivity contribution is 6.02. The normalized spacial score (nSPS) is 15.0. The number of phenolic OH excluding ortho intramolecular Hbond substituents is 1. The molecular formula is C20H25N3O4. The van der Waals surface area contributed by atoms with Gasteiger partial charge in [-0.15, -0.1) is 0 Å². The number of esters is 1. The molecule has 0 atom stereocenters. The average Bonchev–Trinajstić information content (AvgIpc) is 2.97. The van der Waals surface area contributed by atoms with Crippen molar-refractivity contribution in [1.82, 2.24) is 9.88 Å². The molecule has 1 aromatic carbocycles. The number of aromatic amines is 1. The van der Waals surface area contributed by atoms with Gasteiger partial charge in [0.15, 0.2) is 5.78 Å². The molecular weight excluding hydrogens is 346 g/mol. The maximum Gasteiger partial charge on any atom is 0.339 e. The van der Waals surface area contributed by atoms with Crippen molar-refractivity contribution in [3.63, 3.8) is 0 Å². The highest BCUT2D eigenvalue weighted by Gasteiger charge is 2.25. The number of benzene rings is 1. The topological polar surface area (TPSA) is 85.9 Å². The molecule has 27 heavy (non-hydrogen) atoms. The van der Waals surface area contributed by atoms with Gasteiger partial charge in [-0.05, 0) is 43.7 Å². The van der Waals surface area contributed by atoms with Crippen LogP contribution in [-0.4, -0.2) is 66.6 Å². The number of nitrogens with zero attached hydrogens (tertiary/aromatic N) is 2. The van der Waals surface area contributed by atoms with Gasteiger partial charge in [-0.3, -0.25) is 9.69 Å². The van der Waals surface area contributed by atoms with E-state index in [2.05, 4.69) is 14.8 Å². The van der Waals surface area contributed by atoms with Crippen molar-refractivity contribution in [2.45, 2.75) is 13.8 Å². The highest BCUT2D eigenvalue weighted by atomic mass is 16.5. The van der Waals surface area contributed by atoms with E-state index in [1.165, 1.54) is 7.11 Å². The van der Waals surface area contributed by atoms with E-state index in [4.69, 9.17) is 4.74 Å². The van der Waals surface area contributed by atoms with Gasteiger partial charge in [-0.2, -0.15) is 0 Å². The lowest BCUT2D eigenvalue weighted by Crippen LogP contribution is -2.48. The Balaban J connectivity index is 1.61. The Hall–Kier alpha value is -2.80. The third kappa shape index (κ3) is 3.98. The standard InChI is InChI=1S/C20H25N3O4/c1-13-18(20(26)27-3)14(2)21-19(13)17(25)12-22-8-10-23(11-9-22)15-4-6-16(24)7-5-15/h4-7,21,24H,8-12H2,1-3H3. The molecule has 1 fully saturated rings. The number of carbonyl (C=O) groups is 2. The van der Waals surface area contributed by atoms with Gasteiger partial charge in [0.2, 0.25) is 0 Å². The third-order valence-electron chi connectivity index (χ3n) is 5.06. The summed E-state index contributed by atoms with van der Waals surface area (Å²) in [5.74, 6) is -0.197. The molecule has 3 rings (SSSR count). The number of methoxy groups -OCH3 is 1. The second kappa shape index (κ2) is 7.84. The van der Waals surface area contributed by atoms with Crippen LogP contribution in [0.1, 0.15) is 32.1 Å². The van der Waals surface area contributed by atoms with Crippen molar-refractivity contribution < 1.29 is 19.4 Å². The van der Waals surface area contributed by atoms with E-state index in [9.17, 15) is 14.7 Å². The molecule has 0 spiro atoms. The van der Waals surface area contributed by atoms with Gasteiger partial charge in [0.1, 0.15) is 5.75 Å². The van der Waals surface area contributed by atoms with Crippen LogP contribution in [-0.2, 0) is 4.74 Å². The van der Waals surface area contributed by atoms with Gasteiger partial charge in [0, 0.05) is 37.6 Å². The summed E-state index contributed by atoms with van der Waals surface area (Å²) in [6.07, 6.45) is 0. The zero-order chi connectivity index (χ0) is 19.6. The summed E-state index contributed by atoms with van der Waals surface area (Å²) in [6, 6.07) is 7.16. The highest BCUT2D eigenvalue weighted by Crippen LogP contribution is 2.21. The smallest absolute Gasteiger partial charge is 0.339 e. The van der Waals surface area contributed by atoms with Gasteiger partial charge in [-0.1, -0.05) is 0 Å². The fourth-order valence-corrected chi connectivity index (χ4v) is 3.55. The number of aromatic nitrogens is 1. The van der Waals surface area contributed by atoms with Crippen LogP contribution in [0, 0.1) is 13.8 Å². The summed E-state index contributed by atoms with van der Waals surface area (Å²) in [6.45, 7) is 7.02. The zero-order valence-corrected chi connectivity index (χ0v) is 15.9. The van der Waals surface area contributed by atoms with E-state index in [0.29, 0.717) is 29.1 Å². The first-order valence-corrected chi connectivity index (χ1v) is 8.97. The molecule has 0 unspecified atom stereocenters. The summed E-state index contributed by atoms with van der Waals surface area (Å²) in [5.41, 5.74) is 3.29. The number of hydrogen-bond acceptors (Lipinski definition) is 6. The number of aromatic hydroxyl groups is 1. The SMILES string of the molecule is COC(=O)c1c(C)[nH]c(C(=O)CN2CCN(c3ccc(O)cc3)CC2)c1C. The minimum absolute atomic E-state index is 0.0242. The Kier molecular flexibility index (Phi) is 5.51. The maximum atomic E-state index is 12.7. The van der Waals surface area contributed by atoms with Crippen LogP contribution in [0.25, 0.3) is 0 Å². The first-order valence-electron chi connectivity index (χ1n) is 8.97. The first-order chi connectivity index (χ1) is 12.9. The molecule has 1 saturated heterocycles. The van der Waals surface area contributed by atoms with E-state index in [-0.39, 0.29) is 11.5 Å². The molecule has 0 amide bonds. The van der Waals surface area contributed by atoms with Crippen molar-refractivity contribution in [2.75, 3.05) is 44.7 Å². The lowest BCUT2D eigenvalue weighted by molar-refractivity contribution is 0.0599. The largest absolute Gasteiger partial charge is 0.508 e. The number of phenols is 1. The van der Waals surface area contributed by atoms with Crippen LogP contribution in [0.4, 0.5) is 5.69 Å². The Morgan fingerprint density at radius 2 is 1.74 bits per heavy atom. The summed E-state index contributed by atoms with van der Waals surface area (Å²) in [7, 11) is 1.34. The van der Waals surface area contributed by atoms with Gasteiger partial charge in [-0.25, -0.2) is 4.79 Å². The van der Waals surface area contributed by atoms with E-state index in [1.54, 1.807) is 26.0 Å². The van der Waals surface area contributed by atoms with Crippen molar-refractivity contribution in [3.8, 4) is 5.75 Å². The van der Waals surface area contributed by atoms with Crippen LogP contribution >= 0.6 is 0 Å². The van der Waals surface area contributed by atoms with E-state index in [1.807, 2.05) is 12.1 Å². The van der Waals surface area contributed by atoms with Crippen LogP contribution in [0.2, 0.25) is 0 Å². The summed E-state index contributed by atoms with van der Waals surface area (Å²) >= 11 is 0. The van der Waals surface area contributed by atoms with Crippen LogP contribution < -0.4 is 4.90 Å². The average molecular weight is 371 g/mol. The molecule has 2 aromatic rings. The van der Waals surface area contributed by atoms with Gasteiger partial charge in [0.25, 0.3) is 0 Å². The molecule has 7 nitrogen and oxygen atoms in total. The van der Waals surface area contributed by atoms with Gasteiger partial charge < -0.3 is 19.7 Å². The van der Waals surface area contributed by atoms with Crippen molar-refractivity contribution in [1.29, 1.82) is 0 Å². The molecule has 1 aromatic heterocycles. The predicted molar refractivity (Wildman–Crippen MR) is 103 cm³/mol. The van der Waals surface area contributed by atoms with Crippen LogP contribution in [0.15, 0.2) is 24.3 Å². The number of carbonyl (C=O) groups excluding carboxylic acids is 2. The number of aryl methyl sites for hydroxylation is 1. The second-order valence-corrected chi connectivity index (χ2v) is 6.82. The number of ether oxygens (including phenoxy) is 1. The molecule has 1 aliphatic rings. The minimum Gasteiger partial charge on any atom is -0.508 e. The molecule has 144 valence electrons. The lowest BCUT2D eigenvalue weighted by Gasteiger charge is -2.35. The van der Waals surface area contributed by atoms with Gasteiger partial charge >= 0.3 is 5.97 Å². The van der Waals surface area contributed by atoms with E-state index < -0.39 is 5.97 Å². The zero-order valence-electron chi connectivity index (χ0n) is 15.9. The van der Waals surface area contributed by atoms with Crippen molar-refractivity contribution in [2.24, 2.45) is 0 Å². The van der Waals surface area contributed by atoms with Crippen molar-refractivity contribution >= 4 is 17.4 Å². The Morgan fingerprint density at radius 3 is 2.33 bits per heavy atom. The Bertz CT molecular complexity index is 834. The first kappa shape index (κ1) is 19.0. The molecule has 7 heteroatoms. The Labute approximate surface area is 158 Å². The summed E-state index contributed by atoms with van der Waals surface area (Å²) in [5, 5.41) is 9.40. The molecule has 0 aliphatic carbocycles. The second-order valence-electron chi connectivity index (χ2n) is 6.82. The monoisotopic (exact) mass is 371 g/mol. The van der Waals surface area contributed by atoms with Crippen LogP contribution in [0.5, 0.6) is 5.75 Å². The minimum atomic E-state index is -0.428. The molecule has 2 heterocycles. The number of anilines is 1. The van der Waals surface area contributed by atoms with Crippen LogP contribution in [0.3, 0.4) is 0 Å². The number of piperazine rings is 1. The summed E-state index contributed by atoms with van der Waals surface area (Å²) < 4.78 is 4.80. The molecule has 1 aliphatic heterocycles. The van der Waals surface area contributed by atoms with Gasteiger partial charge in [0.05, 0.1) is 24.9 Å².